The predicted molar refractivity (Wildman–Crippen MR) is 62.8 cm³/mol. The van der Waals surface area contributed by atoms with Crippen molar-refractivity contribution in [2.45, 2.75) is 19.0 Å². The maximum Gasteiger partial charge on any atom is 0.237 e. The van der Waals surface area contributed by atoms with Crippen LogP contribution in [0.25, 0.3) is 0 Å². The lowest BCUT2D eigenvalue weighted by Gasteiger charge is -2.11. The lowest BCUT2D eigenvalue weighted by atomic mass is 10.2. The fourth-order valence-corrected chi connectivity index (χ4v) is 1.29. The van der Waals surface area contributed by atoms with Gasteiger partial charge in [0.2, 0.25) is 5.91 Å². The summed E-state index contributed by atoms with van der Waals surface area (Å²) in [7, 11) is 1.59. The first-order valence-electron chi connectivity index (χ1n) is 5.30. The molecule has 1 unspecified atom stereocenters. The largest absolute Gasteiger partial charge is 0.385 e. The van der Waals surface area contributed by atoms with Crippen LogP contribution >= 0.6 is 0 Å². The van der Waals surface area contributed by atoms with Gasteiger partial charge in [-0.3, -0.25) is 4.79 Å². The van der Waals surface area contributed by atoms with Crippen molar-refractivity contribution in [1.82, 2.24) is 5.32 Å². The van der Waals surface area contributed by atoms with Gasteiger partial charge in [0.1, 0.15) is 0 Å². The van der Waals surface area contributed by atoms with E-state index in [-0.39, 0.29) is 5.91 Å². The minimum atomic E-state index is -0.497. The number of methoxy groups -OCH3 is 1. The van der Waals surface area contributed by atoms with Crippen LogP contribution in [0.1, 0.15) is 12.0 Å². The van der Waals surface area contributed by atoms with Gasteiger partial charge in [-0.15, -0.1) is 0 Å². The summed E-state index contributed by atoms with van der Waals surface area (Å²) in [5.74, 6) is -0.138. The fourth-order valence-electron chi connectivity index (χ4n) is 1.29. The number of ether oxygens (including phenoxy) is 1. The van der Waals surface area contributed by atoms with Crippen molar-refractivity contribution in [3.63, 3.8) is 0 Å². The molecule has 0 saturated heterocycles. The van der Waals surface area contributed by atoms with E-state index in [1.807, 2.05) is 30.3 Å². The summed E-state index contributed by atoms with van der Waals surface area (Å²) in [4.78, 5) is 11.5. The van der Waals surface area contributed by atoms with E-state index in [2.05, 4.69) is 5.32 Å². The van der Waals surface area contributed by atoms with Crippen LogP contribution < -0.4 is 11.1 Å². The van der Waals surface area contributed by atoms with Crippen molar-refractivity contribution in [3.05, 3.63) is 35.9 Å². The zero-order valence-electron chi connectivity index (χ0n) is 9.48. The fraction of sp³-hybridized carbons (Fsp3) is 0.417. The normalized spacial score (nSPS) is 12.1. The van der Waals surface area contributed by atoms with Crippen LogP contribution in [0.15, 0.2) is 30.3 Å². The number of rotatable bonds is 6. The third-order valence-corrected chi connectivity index (χ3v) is 2.28. The molecule has 88 valence electrons. The Morgan fingerprint density at radius 1 is 1.44 bits per heavy atom. The molecule has 0 aromatic heterocycles. The van der Waals surface area contributed by atoms with Gasteiger partial charge >= 0.3 is 0 Å². The van der Waals surface area contributed by atoms with Crippen molar-refractivity contribution in [1.29, 1.82) is 0 Å². The lowest BCUT2D eigenvalue weighted by molar-refractivity contribution is -0.122. The van der Waals surface area contributed by atoms with Crippen LogP contribution in [0.4, 0.5) is 0 Å². The Hall–Kier alpha value is -1.39. The molecule has 0 saturated carbocycles. The van der Waals surface area contributed by atoms with Crippen molar-refractivity contribution in [2.75, 3.05) is 13.7 Å². The van der Waals surface area contributed by atoms with Gasteiger partial charge in [0.05, 0.1) is 6.04 Å². The molecule has 3 N–H and O–H groups in total. The third kappa shape index (κ3) is 4.42. The maximum absolute atomic E-state index is 11.5. The van der Waals surface area contributed by atoms with Crippen molar-refractivity contribution in [2.24, 2.45) is 5.73 Å². The van der Waals surface area contributed by atoms with Gasteiger partial charge in [0, 0.05) is 20.3 Å². The second kappa shape index (κ2) is 6.98. The van der Waals surface area contributed by atoms with E-state index in [1.165, 1.54) is 0 Å². The van der Waals surface area contributed by atoms with Gasteiger partial charge in [-0.25, -0.2) is 0 Å². The summed E-state index contributed by atoms with van der Waals surface area (Å²) in [5, 5.41) is 2.79. The number of nitrogens with two attached hydrogens (primary N) is 1. The number of hydrogen-bond acceptors (Lipinski definition) is 3. The molecule has 1 aromatic rings. The van der Waals surface area contributed by atoms with Crippen molar-refractivity contribution in [3.8, 4) is 0 Å². The Kier molecular flexibility index (Phi) is 5.53. The summed E-state index contributed by atoms with van der Waals surface area (Å²) < 4.78 is 4.87. The molecule has 0 radical (unpaired) electrons. The highest BCUT2D eigenvalue weighted by atomic mass is 16.5. The monoisotopic (exact) mass is 222 g/mol. The van der Waals surface area contributed by atoms with Crippen LogP contribution in [-0.4, -0.2) is 25.7 Å². The maximum atomic E-state index is 11.5. The molecule has 0 aliphatic heterocycles. The highest BCUT2D eigenvalue weighted by Gasteiger charge is 2.11. The lowest BCUT2D eigenvalue weighted by Crippen LogP contribution is -2.40. The average molecular weight is 222 g/mol. The molecule has 0 fully saturated rings. The molecular weight excluding hydrogens is 204 g/mol. The third-order valence-electron chi connectivity index (χ3n) is 2.28. The number of amides is 1. The number of carbonyl (C=O) groups is 1. The molecule has 4 heteroatoms. The SMILES string of the molecule is COCCC(N)C(=O)NCc1ccccc1. The van der Waals surface area contributed by atoms with Gasteiger partial charge in [0.15, 0.2) is 0 Å². The molecule has 1 rings (SSSR count). The quantitative estimate of drug-likeness (QED) is 0.743. The van der Waals surface area contributed by atoms with Gasteiger partial charge in [0.25, 0.3) is 0 Å². The Balaban J connectivity index is 2.29. The van der Waals surface area contributed by atoms with E-state index in [9.17, 15) is 4.79 Å². The van der Waals surface area contributed by atoms with Gasteiger partial charge in [-0.1, -0.05) is 30.3 Å². The highest BCUT2D eigenvalue weighted by Crippen LogP contribution is 1.98. The Morgan fingerprint density at radius 2 is 2.12 bits per heavy atom. The molecule has 16 heavy (non-hydrogen) atoms. The topological polar surface area (TPSA) is 64.3 Å². The Labute approximate surface area is 95.8 Å². The van der Waals surface area contributed by atoms with Gasteiger partial charge < -0.3 is 15.8 Å². The first-order valence-corrected chi connectivity index (χ1v) is 5.30. The minimum Gasteiger partial charge on any atom is -0.385 e. The van der Waals surface area contributed by atoms with Crippen LogP contribution in [0.2, 0.25) is 0 Å². The van der Waals surface area contributed by atoms with Gasteiger partial charge in [-0.2, -0.15) is 0 Å². The Bertz CT molecular complexity index is 314. The number of hydrogen-bond donors (Lipinski definition) is 2. The Morgan fingerprint density at radius 3 is 2.75 bits per heavy atom. The standard InChI is InChI=1S/C12H18N2O2/c1-16-8-7-11(13)12(15)14-9-10-5-3-2-4-6-10/h2-6,11H,7-9,13H2,1H3,(H,14,15). The molecule has 0 aliphatic rings. The zero-order chi connectivity index (χ0) is 11.8. The van der Waals surface area contributed by atoms with E-state index in [0.29, 0.717) is 19.6 Å². The molecule has 4 nitrogen and oxygen atoms in total. The van der Waals surface area contributed by atoms with Crippen molar-refractivity contribution < 1.29 is 9.53 Å². The van der Waals surface area contributed by atoms with E-state index in [1.54, 1.807) is 7.11 Å². The first-order chi connectivity index (χ1) is 7.74. The number of nitrogens with one attached hydrogen (secondary N) is 1. The summed E-state index contributed by atoms with van der Waals surface area (Å²) in [5.41, 5.74) is 6.74. The predicted octanol–water partition coefficient (Wildman–Crippen LogP) is 0.667. The zero-order valence-corrected chi connectivity index (χ0v) is 9.48. The molecule has 0 aliphatic carbocycles. The summed E-state index contributed by atoms with van der Waals surface area (Å²) >= 11 is 0. The van der Waals surface area contributed by atoms with Crippen LogP contribution in [0, 0.1) is 0 Å². The second-order valence-corrected chi connectivity index (χ2v) is 3.59. The molecule has 0 spiro atoms. The molecule has 1 atom stereocenters. The molecule has 0 bridgehead atoms. The van der Waals surface area contributed by atoms with E-state index in [0.717, 1.165) is 5.56 Å². The molecular formula is C12H18N2O2. The van der Waals surface area contributed by atoms with Crippen molar-refractivity contribution >= 4 is 5.91 Å². The first kappa shape index (κ1) is 12.7. The molecule has 1 amide bonds. The molecule has 0 heterocycles. The summed E-state index contributed by atoms with van der Waals surface area (Å²) in [6.45, 7) is 1.01. The second-order valence-electron chi connectivity index (χ2n) is 3.59. The van der Waals surface area contributed by atoms with Gasteiger partial charge in [-0.05, 0) is 12.0 Å². The van der Waals surface area contributed by atoms with Crippen LogP contribution in [0.3, 0.4) is 0 Å². The van der Waals surface area contributed by atoms with E-state index in [4.69, 9.17) is 10.5 Å². The van der Waals surface area contributed by atoms with E-state index >= 15 is 0 Å². The number of benzene rings is 1. The highest BCUT2D eigenvalue weighted by molar-refractivity contribution is 5.81. The summed E-state index contributed by atoms with van der Waals surface area (Å²) in [6, 6.07) is 9.24. The van der Waals surface area contributed by atoms with Crippen LogP contribution in [0.5, 0.6) is 0 Å². The molecule has 1 aromatic carbocycles. The van der Waals surface area contributed by atoms with Crippen LogP contribution in [-0.2, 0) is 16.1 Å². The number of carbonyl (C=O) groups excluding carboxylic acids is 1. The van der Waals surface area contributed by atoms with E-state index < -0.39 is 6.04 Å². The smallest absolute Gasteiger partial charge is 0.237 e. The average Bonchev–Trinajstić information content (AvgIpc) is 2.34. The summed E-state index contributed by atoms with van der Waals surface area (Å²) in [6.07, 6.45) is 0.539. The minimum absolute atomic E-state index is 0.138.